The van der Waals surface area contributed by atoms with Crippen molar-refractivity contribution in [1.82, 2.24) is 35.1 Å². The van der Waals surface area contributed by atoms with Gasteiger partial charge < -0.3 is 29.9 Å². The maximum atomic E-state index is 13.7. The van der Waals surface area contributed by atoms with E-state index in [4.69, 9.17) is 4.74 Å². The van der Waals surface area contributed by atoms with Gasteiger partial charge in [-0.15, -0.1) is 15.3 Å². The average Bonchev–Trinajstić information content (AvgIpc) is 3.54. The third kappa shape index (κ3) is 4.31. The number of aliphatic hydroxyl groups excluding tert-OH is 3. The first-order chi connectivity index (χ1) is 16.9. The van der Waals surface area contributed by atoms with Crippen LogP contribution in [0.5, 0.6) is 0 Å². The first-order valence-electron chi connectivity index (χ1n) is 11.2. The van der Waals surface area contributed by atoms with Crippen molar-refractivity contribution >= 4 is 0 Å². The van der Waals surface area contributed by atoms with Crippen LogP contribution in [0.25, 0.3) is 11.3 Å². The maximum absolute atomic E-state index is 13.7. The van der Waals surface area contributed by atoms with E-state index >= 15 is 0 Å². The summed E-state index contributed by atoms with van der Waals surface area (Å²) in [5, 5.41) is 51.1. The van der Waals surface area contributed by atoms with Crippen molar-refractivity contribution in [3.05, 3.63) is 47.9 Å². The minimum absolute atomic E-state index is 0.0105. The van der Waals surface area contributed by atoms with Crippen LogP contribution >= 0.6 is 0 Å². The molecule has 35 heavy (non-hydrogen) atoms. The average molecular weight is 495 g/mol. The highest BCUT2D eigenvalue weighted by Crippen LogP contribution is 2.39. The summed E-state index contributed by atoms with van der Waals surface area (Å²) in [4.78, 5) is 0. The van der Waals surface area contributed by atoms with Gasteiger partial charge in [-0.25, -0.2) is 17.9 Å². The van der Waals surface area contributed by atoms with Gasteiger partial charge >= 0.3 is 0 Å². The molecule has 0 radical (unpaired) electrons. The number of halogens is 3. The second-order valence-corrected chi connectivity index (χ2v) is 8.66. The first kappa shape index (κ1) is 23.8. The van der Waals surface area contributed by atoms with Crippen LogP contribution in [-0.4, -0.2) is 83.1 Å². The maximum Gasteiger partial charge on any atom is 0.194 e. The molecule has 14 heteroatoms. The summed E-state index contributed by atoms with van der Waals surface area (Å²) in [6.45, 7) is 1.06. The van der Waals surface area contributed by atoms with E-state index in [9.17, 15) is 28.5 Å². The Hall–Kier alpha value is -2.91. The summed E-state index contributed by atoms with van der Waals surface area (Å²) in [5.74, 6) is -4.05. The molecular formula is C21H24F3N7O4. The zero-order valence-electron chi connectivity index (χ0n) is 18.4. The van der Waals surface area contributed by atoms with Gasteiger partial charge in [0, 0.05) is 11.6 Å². The Morgan fingerprint density at radius 2 is 1.77 bits per heavy atom. The van der Waals surface area contributed by atoms with Crippen molar-refractivity contribution in [2.75, 3.05) is 19.7 Å². The third-order valence-corrected chi connectivity index (χ3v) is 6.54. The van der Waals surface area contributed by atoms with E-state index in [0.29, 0.717) is 5.82 Å². The molecule has 3 aromatic rings. The number of aliphatic hydroxyl groups is 3. The van der Waals surface area contributed by atoms with Crippen molar-refractivity contribution < 1.29 is 33.2 Å². The lowest BCUT2D eigenvalue weighted by molar-refractivity contribution is -0.211. The van der Waals surface area contributed by atoms with Crippen molar-refractivity contribution in [2.24, 2.45) is 0 Å². The van der Waals surface area contributed by atoms with Crippen molar-refractivity contribution in [3.8, 4) is 11.3 Å². The first-order valence-corrected chi connectivity index (χ1v) is 11.2. The number of aromatic nitrogens is 6. The van der Waals surface area contributed by atoms with Gasteiger partial charge in [0.05, 0.1) is 12.8 Å². The quantitative estimate of drug-likeness (QED) is 0.367. The molecule has 188 valence electrons. The normalized spacial score (nSPS) is 27.9. The van der Waals surface area contributed by atoms with Crippen LogP contribution in [0.1, 0.15) is 36.9 Å². The number of nitrogens with one attached hydrogen (secondary N) is 1. The Balaban J connectivity index is 1.48. The van der Waals surface area contributed by atoms with E-state index in [-0.39, 0.29) is 17.3 Å². The van der Waals surface area contributed by atoms with E-state index in [1.807, 2.05) is 4.57 Å². The number of hydrogen-bond acceptors (Lipinski definition) is 9. The van der Waals surface area contributed by atoms with Crippen LogP contribution in [0, 0.1) is 17.5 Å². The Morgan fingerprint density at radius 3 is 2.46 bits per heavy atom. The summed E-state index contributed by atoms with van der Waals surface area (Å²) < 4.78 is 49.5. The molecule has 0 saturated carbocycles. The van der Waals surface area contributed by atoms with E-state index in [1.165, 1.54) is 6.20 Å². The van der Waals surface area contributed by atoms with Gasteiger partial charge in [-0.3, -0.25) is 0 Å². The van der Waals surface area contributed by atoms with Crippen molar-refractivity contribution in [3.63, 3.8) is 0 Å². The Bertz CT molecular complexity index is 1160. The van der Waals surface area contributed by atoms with E-state index in [1.54, 1.807) is 6.33 Å². The van der Waals surface area contributed by atoms with Gasteiger partial charge in [0.1, 0.15) is 42.5 Å². The third-order valence-electron chi connectivity index (χ3n) is 6.54. The monoisotopic (exact) mass is 495 g/mol. The molecule has 0 bridgehead atoms. The minimum atomic E-state index is -1.61. The molecule has 5 rings (SSSR count). The smallest absolute Gasteiger partial charge is 0.194 e. The lowest BCUT2D eigenvalue weighted by Crippen LogP contribution is -2.53. The van der Waals surface area contributed by atoms with Gasteiger partial charge in [-0.05, 0) is 38.1 Å². The standard InChI is InChI=1S/C21H24F3N7O4/c22-12-5-10(6-13(23)16(12)24)14-7-31(29-27-14)17-18(33)15(8-32)35-20(19(17)34)21-28-26-9-30(21)11-1-3-25-4-2-11/h5-7,9,11,15,17-20,25,32-34H,1-4,8H2/t15-,17+,18+,19-,20-/m1/s1. The minimum Gasteiger partial charge on any atom is -0.394 e. The summed E-state index contributed by atoms with van der Waals surface area (Å²) in [6.07, 6.45) is -0.503. The molecule has 1 aromatic carbocycles. The fraction of sp³-hybridized carbons (Fsp3) is 0.524. The Labute approximate surface area is 197 Å². The van der Waals surface area contributed by atoms with Gasteiger partial charge in [-0.1, -0.05) is 5.21 Å². The number of ether oxygens (including phenoxy) is 1. The topological polar surface area (TPSA) is 143 Å². The van der Waals surface area contributed by atoms with Crippen LogP contribution in [0.15, 0.2) is 24.7 Å². The van der Waals surface area contributed by atoms with Gasteiger partial charge in [0.2, 0.25) is 0 Å². The summed E-state index contributed by atoms with van der Waals surface area (Å²) in [6, 6.07) is 0.464. The number of piperidine rings is 1. The largest absolute Gasteiger partial charge is 0.394 e. The SMILES string of the molecule is OC[C@H]1O[C@@H](c2nncn2C2CCNCC2)[C@H](O)[C@@H](n2cc(-c3cc(F)c(F)c(F)c3)nn2)[C@H]1O. The summed E-state index contributed by atoms with van der Waals surface area (Å²) in [5.41, 5.74) is -0.0896. The molecule has 0 unspecified atom stereocenters. The molecular weight excluding hydrogens is 471 g/mol. The number of benzene rings is 1. The highest BCUT2D eigenvalue weighted by atomic mass is 19.2. The molecule has 2 aliphatic rings. The lowest BCUT2D eigenvalue weighted by Gasteiger charge is -2.42. The van der Waals surface area contributed by atoms with Gasteiger partial charge in [0.25, 0.3) is 0 Å². The number of nitrogens with zero attached hydrogens (tertiary/aromatic N) is 6. The summed E-state index contributed by atoms with van der Waals surface area (Å²) in [7, 11) is 0. The number of hydrogen-bond donors (Lipinski definition) is 4. The molecule has 0 spiro atoms. The molecule has 11 nitrogen and oxygen atoms in total. The number of rotatable bonds is 5. The zero-order valence-corrected chi connectivity index (χ0v) is 18.4. The van der Waals surface area contributed by atoms with E-state index in [0.717, 1.165) is 42.7 Å². The Morgan fingerprint density at radius 1 is 1.06 bits per heavy atom. The van der Waals surface area contributed by atoms with Crippen LogP contribution in [0.2, 0.25) is 0 Å². The molecule has 5 atom stereocenters. The Kier molecular flexibility index (Phi) is 6.55. The van der Waals surface area contributed by atoms with Crippen molar-refractivity contribution in [2.45, 2.75) is 49.3 Å². The molecule has 2 saturated heterocycles. The van der Waals surface area contributed by atoms with E-state index in [2.05, 4.69) is 25.8 Å². The van der Waals surface area contributed by atoms with Crippen LogP contribution in [0.3, 0.4) is 0 Å². The van der Waals surface area contributed by atoms with Crippen molar-refractivity contribution in [1.29, 1.82) is 0 Å². The van der Waals surface area contributed by atoms with Crippen LogP contribution < -0.4 is 5.32 Å². The predicted octanol–water partition coefficient (Wildman–Crippen LogP) is 0.274. The fourth-order valence-corrected chi connectivity index (χ4v) is 4.71. The van der Waals surface area contributed by atoms with Gasteiger partial charge in [-0.2, -0.15) is 0 Å². The second kappa shape index (κ2) is 9.62. The molecule has 4 N–H and O–H groups in total. The summed E-state index contributed by atoms with van der Waals surface area (Å²) >= 11 is 0. The lowest BCUT2D eigenvalue weighted by atomic mass is 9.92. The molecule has 2 aliphatic heterocycles. The second-order valence-electron chi connectivity index (χ2n) is 8.66. The zero-order chi connectivity index (χ0) is 24.7. The van der Waals surface area contributed by atoms with Gasteiger partial charge in [0.15, 0.2) is 23.3 Å². The van der Waals surface area contributed by atoms with Crippen LogP contribution in [-0.2, 0) is 4.74 Å². The highest BCUT2D eigenvalue weighted by molar-refractivity contribution is 5.57. The molecule has 0 aliphatic carbocycles. The van der Waals surface area contributed by atoms with Crippen LogP contribution in [0.4, 0.5) is 13.2 Å². The predicted molar refractivity (Wildman–Crippen MR) is 112 cm³/mol. The molecule has 2 fully saturated rings. The fourth-order valence-electron chi connectivity index (χ4n) is 4.71. The molecule has 4 heterocycles. The van der Waals surface area contributed by atoms with E-state index < -0.39 is 54.5 Å². The molecule has 2 aromatic heterocycles. The highest BCUT2D eigenvalue weighted by Gasteiger charge is 2.48. The molecule has 0 amide bonds.